The lowest BCUT2D eigenvalue weighted by molar-refractivity contribution is -0.137. The van der Waals surface area contributed by atoms with Crippen LogP contribution in [0.2, 0.25) is 0 Å². The van der Waals surface area contributed by atoms with Crippen LogP contribution in [0.5, 0.6) is 0 Å². The third-order valence-electron chi connectivity index (χ3n) is 0.516. The van der Waals surface area contributed by atoms with E-state index in [0.717, 1.165) is 0 Å². The molecule has 3 nitrogen and oxygen atoms in total. The summed E-state index contributed by atoms with van der Waals surface area (Å²) in [6, 6.07) is -0.741. The summed E-state index contributed by atoms with van der Waals surface area (Å²) in [4.78, 5) is 9.77. The molecule has 0 spiro atoms. The second-order valence-electron chi connectivity index (χ2n) is 1.12. The summed E-state index contributed by atoms with van der Waals surface area (Å²) >= 11 is 4.10. The van der Waals surface area contributed by atoms with E-state index in [1.165, 1.54) is 6.92 Å². The van der Waals surface area contributed by atoms with Gasteiger partial charge in [0.2, 0.25) is 0 Å². The van der Waals surface area contributed by atoms with E-state index in [4.69, 9.17) is 5.11 Å². The monoisotopic (exact) mass is 119 g/mol. The van der Waals surface area contributed by atoms with Crippen molar-refractivity contribution in [2.75, 3.05) is 0 Å². The fourth-order valence-electron chi connectivity index (χ4n) is 0.0451. The van der Waals surface area contributed by atoms with Crippen LogP contribution in [-0.4, -0.2) is 17.1 Å². The molecule has 7 heavy (non-hydrogen) atoms. The molecule has 0 aromatic carbocycles. The highest BCUT2D eigenvalue weighted by atomic mass is 32.1. The van der Waals surface area contributed by atoms with Gasteiger partial charge in [0.25, 0.3) is 0 Å². The predicted octanol–water partition coefficient (Wildman–Crippen LogP) is 0.190. The first kappa shape index (κ1) is 6.49. The summed E-state index contributed by atoms with van der Waals surface area (Å²) in [5, 5.41) is 8.02. The zero-order valence-electron chi connectivity index (χ0n) is 3.79. The van der Waals surface area contributed by atoms with Crippen molar-refractivity contribution in [3.8, 4) is 0 Å². The van der Waals surface area contributed by atoms with Crippen molar-refractivity contribution in [3.63, 3.8) is 0 Å². The van der Waals surface area contributed by atoms with Crippen molar-refractivity contribution in [2.45, 2.75) is 13.0 Å². The molecule has 0 aromatic heterocycles. The van der Waals surface area contributed by atoms with Gasteiger partial charge < -0.3 is 5.11 Å². The molecule has 0 amide bonds. The van der Waals surface area contributed by atoms with Crippen molar-refractivity contribution in [3.05, 3.63) is 0 Å². The molecule has 0 aliphatic carbocycles. The van der Waals surface area contributed by atoms with Crippen LogP contribution in [0.3, 0.4) is 0 Å². The first-order valence-electron chi connectivity index (χ1n) is 1.73. The van der Waals surface area contributed by atoms with E-state index in [-0.39, 0.29) is 0 Å². The Morgan fingerprint density at radius 3 is 2.43 bits per heavy atom. The van der Waals surface area contributed by atoms with Gasteiger partial charge in [-0.25, -0.2) is 9.16 Å². The average molecular weight is 119 g/mol. The van der Waals surface area contributed by atoms with Crippen molar-refractivity contribution < 1.29 is 9.90 Å². The molecule has 1 N–H and O–H groups in total. The topological polar surface area (TPSA) is 49.7 Å². The van der Waals surface area contributed by atoms with Gasteiger partial charge in [-0.3, -0.25) is 0 Å². The van der Waals surface area contributed by atoms with Crippen LogP contribution in [0.25, 0.3) is 0 Å². The van der Waals surface area contributed by atoms with Gasteiger partial charge in [0.1, 0.15) is 0 Å². The van der Waals surface area contributed by atoms with Gasteiger partial charge in [0.15, 0.2) is 6.04 Å². The smallest absolute Gasteiger partial charge is 0.329 e. The highest BCUT2D eigenvalue weighted by Gasteiger charge is 2.05. The van der Waals surface area contributed by atoms with Gasteiger partial charge >= 0.3 is 5.97 Å². The van der Waals surface area contributed by atoms with Crippen molar-refractivity contribution in [1.29, 1.82) is 0 Å². The fraction of sp³-hybridized carbons (Fsp3) is 0.667. The third-order valence-corrected chi connectivity index (χ3v) is 0.832. The Morgan fingerprint density at radius 2 is 2.43 bits per heavy atom. The van der Waals surface area contributed by atoms with Crippen molar-refractivity contribution in [1.82, 2.24) is 0 Å². The van der Waals surface area contributed by atoms with Crippen LogP contribution in [-0.2, 0) is 17.2 Å². The molecule has 0 aromatic rings. The van der Waals surface area contributed by atoms with E-state index >= 15 is 0 Å². The zero-order valence-corrected chi connectivity index (χ0v) is 4.60. The first-order chi connectivity index (χ1) is 3.18. The number of hydrogen-bond donors (Lipinski definition) is 1. The number of carboxylic acid groups (broad SMARTS) is 1. The van der Waals surface area contributed by atoms with E-state index in [0.29, 0.717) is 0 Å². The predicted molar refractivity (Wildman–Crippen MR) is 26.9 cm³/mol. The fourth-order valence-corrected chi connectivity index (χ4v) is 0.135. The van der Waals surface area contributed by atoms with Gasteiger partial charge in [-0.1, -0.05) is 0 Å². The maximum Gasteiger partial charge on any atom is 0.329 e. The SMILES string of the molecule is CC(N=S)C(=O)O. The minimum Gasteiger partial charge on any atom is -0.480 e. The average Bonchev–Trinajstić information content (AvgIpc) is 1.65. The molecular weight excluding hydrogens is 114 g/mol. The summed E-state index contributed by atoms with van der Waals surface area (Å²) in [7, 11) is 0. The normalized spacial score (nSPS) is 12.7. The van der Waals surface area contributed by atoms with E-state index < -0.39 is 12.0 Å². The highest BCUT2D eigenvalue weighted by molar-refractivity contribution is 7.47. The Hall–Kier alpha value is -0.510. The number of rotatable bonds is 2. The van der Waals surface area contributed by atoms with Gasteiger partial charge in [-0.2, -0.15) is 0 Å². The van der Waals surface area contributed by atoms with E-state index in [1.54, 1.807) is 0 Å². The van der Waals surface area contributed by atoms with Crippen LogP contribution in [0.15, 0.2) is 4.36 Å². The van der Waals surface area contributed by atoms with Gasteiger partial charge in [0.05, 0.1) is 0 Å². The molecular formula is C3H5NO2S. The Morgan fingerprint density at radius 1 is 2.00 bits per heavy atom. The number of aliphatic carboxylic acids is 1. The molecule has 40 valence electrons. The summed E-state index contributed by atoms with van der Waals surface area (Å²) in [6.07, 6.45) is 0. The molecule has 0 saturated heterocycles. The second kappa shape index (κ2) is 2.63. The maximum atomic E-state index is 9.77. The number of carbonyl (C=O) groups is 1. The van der Waals surface area contributed by atoms with Crippen molar-refractivity contribution >= 4 is 18.4 Å². The van der Waals surface area contributed by atoms with Crippen molar-refractivity contribution in [2.24, 2.45) is 4.36 Å². The van der Waals surface area contributed by atoms with Crippen LogP contribution >= 0.6 is 0 Å². The summed E-state index contributed by atoms with van der Waals surface area (Å²) in [6.45, 7) is 1.43. The Labute approximate surface area is 46.5 Å². The summed E-state index contributed by atoms with van der Waals surface area (Å²) in [5.74, 6) is -0.977. The second-order valence-corrected chi connectivity index (χ2v) is 1.33. The standard InChI is InChI=1S/C3H5NO2S/c1-2(4-7)3(5)6/h2H,1H3,(H,5,6). The minimum atomic E-state index is -0.977. The first-order valence-corrected chi connectivity index (χ1v) is 2.10. The number of hydrogen-bond acceptors (Lipinski definition) is 3. The lowest BCUT2D eigenvalue weighted by atomic mass is 10.4. The molecule has 4 heteroatoms. The van der Waals surface area contributed by atoms with E-state index in [2.05, 4.69) is 16.8 Å². The molecule has 0 aliphatic rings. The number of nitrogens with zero attached hydrogens (tertiary/aromatic N) is 1. The summed E-state index contributed by atoms with van der Waals surface area (Å²) < 4.78 is 3.07. The van der Waals surface area contributed by atoms with Crippen LogP contribution in [0.1, 0.15) is 6.92 Å². The van der Waals surface area contributed by atoms with Crippen LogP contribution in [0, 0.1) is 0 Å². The molecule has 1 unspecified atom stereocenters. The molecule has 0 bridgehead atoms. The molecule has 0 fully saturated rings. The highest BCUT2D eigenvalue weighted by Crippen LogP contribution is 1.84. The zero-order chi connectivity index (χ0) is 5.86. The van der Waals surface area contributed by atoms with Crippen LogP contribution < -0.4 is 0 Å². The Bertz CT molecular complexity index is 92.9. The third kappa shape index (κ3) is 2.22. The van der Waals surface area contributed by atoms with Crippen LogP contribution in [0.4, 0.5) is 0 Å². The largest absolute Gasteiger partial charge is 0.480 e. The molecule has 0 radical (unpaired) electrons. The molecule has 1 atom stereocenters. The van der Waals surface area contributed by atoms with Gasteiger partial charge in [0, 0.05) is 12.4 Å². The molecule has 0 saturated carbocycles. The lowest BCUT2D eigenvalue weighted by Gasteiger charge is -1.90. The maximum absolute atomic E-state index is 9.77. The lowest BCUT2D eigenvalue weighted by Crippen LogP contribution is -2.11. The number of carboxylic acids is 1. The molecule has 0 rings (SSSR count). The molecule has 0 aliphatic heterocycles. The quantitative estimate of drug-likeness (QED) is 0.564. The summed E-state index contributed by atoms with van der Waals surface area (Å²) in [5.41, 5.74) is 0. The Kier molecular flexibility index (Phi) is 2.44. The Balaban J connectivity index is 3.55. The van der Waals surface area contributed by atoms with Gasteiger partial charge in [-0.05, 0) is 6.92 Å². The van der Waals surface area contributed by atoms with Gasteiger partial charge in [-0.15, -0.1) is 0 Å². The molecule has 0 heterocycles. The van der Waals surface area contributed by atoms with E-state index in [9.17, 15) is 4.79 Å². The van der Waals surface area contributed by atoms with E-state index in [1.807, 2.05) is 0 Å². The minimum absolute atomic E-state index is 0.741.